The van der Waals surface area contributed by atoms with Gasteiger partial charge in [-0.3, -0.25) is 4.90 Å². The van der Waals surface area contributed by atoms with Gasteiger partial charge in [0.25, 0.3) is 0 Å². The number of likely N-dealkylation sites (tertiary alicyclic amines) is 1. The number of piperidine rings is 1. The van der Waals surface area contributed by atoms with E-state index >= 15 is 0 Å². The Morgan fingerprint density at radius 3 is 2.52 bits per heavy atom. The first-order valence-corrected chi connectivity index (χ1v) is 8.79. The van der Waals surface area contributed by atoms with Crippen molar-refractivity contribution in [2.75, 3.05) is 19.7 Å². The van der Waals surface area contributed by atoms with Gasteiger partial charge in [-0.1, -0.05) is 19.3 Å². The highest BCUT2D eigenvalue weighted by Gasteiger charge is 2.36. The summed E-state index contributed by atoms with van der Waals surface area (Å²) >= 11 is 0. The fourth-order valence-electron chi connectivity index (χ4n) is 3.94. The molecule has 0 amide bonds. The normalized spacial score (nSPS) is 33.3. The second kappa shape index (κ2) is 8.47. The molecule has 2 fully saturated rings. The summed E-state index contributed by atoms with van der Waals surface area (Å²) in [6, 6.07) is 0.447. The van der Waals surface area contributed by atoms with E-state index in [1.54, 1.807) is 0 Å². The van der Waals surface area contributed by atoms with Gasteiger partial charge >= 0.3 is 0 Å². The summed E-state index contributed by atoms with van der Waals surface area (Å²) in [5, 5.41) is 20.5. The standard InChI is InChI=1S/C17H33NO3/c1-13(2)21-12-14(19)11-18-10-6-5-8-16(18)15-7-3-4-9-17(15)20/h13-17,19-20H,3-12H2,1-2H3. The molecule has 4 nitrogen and oxygen atoms in total. The summed E-state index contributed by atoms with van der Waals surface area (Å²) in [5.41, 5.74) is 0. The molecule has 1 heterocycles. The van der Waals surface area contributed by atoms with Crippen LogP contribution in [0.15, 0.2) is 0 Å². The van der Waals surface area contributed by atoms with E-state index in [2.05, 4.69) is 4.90 Å². The van der Waals surface area contributed by atoms with Gasteiger partial charge in [0.05, 0.1) is 24.9 Å². The first-order valence-electron chi connectivity index (χ1n) is 8.79. The molecule has 2 rings (SSSR count). The molecule has 0 spiro atoms. The Morgan fingerprint density at radius 1 is 1.10 bits per heavy atom. The maximum absolute atomic E-state index is 10.3. The Bertz CT molecular complexity index is 298. The molecule has 1 saturated heterocycles. The Labute approximate surface area is 129 Å². The molecule has 1 aliphatic heterocycles. The molecule has 1 aliphatic carbocycles. The molecule has 0 radical (unpaired) electrons. The molecule has 1 saturated carbocycles. The second-order valence-electron chi connectivity index (χ2n) is 7.11. The highest BCUT2D eigenvalue weighted by Crippen LogP contribution is 2.34. The molecule has 0 bridgehead atoms. The zero-order valence-electron chi connectivity index (χ0n) is 13.7. The molecule has 2 N–H and O–H groups in total. The van der Waals surface area contributed by atoms with Crippen LogP contribution >= 0.6 is 0 Å². The maximum Gasteiger partial charge on any atom is 0.0900 e. The number of rotatable bonds is 6. The van der Waals surface area contributed by atoms with Crippen molar-refractivity contribution in [3.63, 3.8) is 0 Å². The van der Waals surface area contributed by atoms with Gasteiger partial charge in [0.15, 0.2) is 0 Å². The third-order valence-electron chi connectivity index (χ3n) is 5.01. The summed E-state index contributed by atoms with van der Waals surface area (Å²) in [4.78, 5) is 2.41. The van der Waals surface area contributed by atoms with Crippen molar-refractivity contribution >= 4 is 0 Å². The summed E-state index contributed by atoms with van der Waals surface area (Å²) in [6.07, 6.45) is 7.72. The van der Waals surface area contributed by atoms with Crippen molar-refractivity contribution in [3.05, 3.63) is 0 Å². The molecule has 0 aromatic heterocycles. The summed E-state index contributed by atoms with van der Waals surface area (Å²) < 4.78 is 5.52. The predicted molar refractivity (Wildman–Crippen MR) is 84.3 cm³/mol. The Morgan fingerprint density at radius 2 is 1.81 bits per heavy atom. The van der Waals surface area contributed by atoms with Crippen molar-refractivity contribution in [2.24, 2.45) is 5.92 Å². The minimum atomic E-state index is -0.422. The van der Waals surface area contributed by atoms with Crippen molar-refractivity contribution in [1.82, 2.24) is 4.90 Å². The fraction of sp³-hybridized carbons (Fsp3) is 1.00. The van der Waals surface area contributed by atoms with E-state index in [1.807, 2.05) is 13.8 Å². The quantitative estimate of drug-likeness (QED) is 0.789. The van der Waals surface area contributed by atoms with Gasteiger partial charge in [0, 0.05) is 18.5 Å². The third kappa shape index (κ3) is 5.20. The molecule has 0 aromatic carbocycles. The minimum Gasteiger partial charge on any atom is -0.393 e. The average molecular weight is 299 g/mol. The lowest BCUT2D eigenvalue weighted by atomic mass is 9.78. The molecule has 0 aromatic rings. The summed E-state index contributed by atoms with van der Waals surface area (Å²) in [7, 11) is 0. The predicted octanol–water partition coefficient (Wildman–Crippen LogP) is 2.18. The van der Waals surface area contributed by atoms with Crippen LogP contribution in [0.5, 0.6) is 0 Å². The molecule has 4 unspecified atom stereocenters. The van der Waals surface area contributed by atoms with E-state index in [4.69, 9.17) is 4.74 Å². The molecular formula is C17H33NO3. The van der Waals surface area contributed by atoms with E-state index < -0.39 is 6.10 Å². The Kier molecular flexibility index (Phi) is 6.93. The van der Waals surface area contributed by atoms with Crippen LogP contribution in [0.3, 0.4) is 0 Å². The SMILES string of the molecule is CC(C)OCC(O)CN1CCCCC1C1CCCCC1O. The first kappa shape index (κ1) is 17.2. The van der Waals surface area contributed by atoms with Crippen LogP contribution < -0.4 is 0 Å². The van der Waals surface area contributed by atoms with Crippen molar-refractivity contribution in [3.8, 4) is 0 Å². The van der Waals surface area contributed by atoms with Crippen LogP contribution in [-0.2, 0) is 4.74 Å². The minimum absolute atomic E-state index is 0.145. The lowest BCUT2D eigenvalue weighted by Gasteiger charge is -2.44. The monoisotopic (exact) mass is 299 g/mol. The van der Waals surface area contributed by atoms with Crippen LogP contribution in [-0.4, -0.2) is 59.2 Å². The van der Waals surface area contributed by atoms with Crippen LogP contribution in [0.1, 0.15) is 58.8 Å². The van der Waals surface area contributed by atoms with Gasteiger partial charge in [0.2, 0.25) is 0 Å². The number of aliphatic hydroxyl groups is 2. The number of nitrogens with zero attached hydrogens (tertiary/aromatic N) is 1. The molecule has 4 heteroatoms. The smallest absolute Gasteiger partial charge is 0.0900 e. The highest BCUT2D eigenvalue weighted by molar-refractivity contribution is 4.89. The van der Waals surface area contributed by atoms with Gasteiger partial charge in [-0.05, 0) is 46.1 Å². The fourth-order valence-corrected chi connectivity index (χ4v) is 3.94. The number of aliphatic hydroxyl groups excluding tert-OH is 2. The number of hydrogen-bond acceptors (Lipinski definition) is 4. The zero-order chi connectivity index (χ0) is 15.2. The molecule has 2 aliphatic rings. The molecule has 4 atom stereocenters. The van der Waals surface area contributed by atoms with Gasteiger partial charge in [-0.25, -0.2) is 0 Å². The van der Waals surface area contributed by atoms with Crippen LogP contribution in [0.2, 0.25) is 0 Å². The number of ether oxygens (including phenoxy) is 1. The molecule has 124 valence electrons. The van der Waals surface area contributed by atoms with E-state index in [1.165, 1.54) is 25.7 Å². The van der Waals surface area contributed by atoms with Gasteiger partial charge in [-0.2, -0.15) is 0 Å². The van der Waals surface area contributed by atoms with Crippen molar-refractivity contribution < 1.29 is 14.9 Å². The van der Waals surface area contributed by atoms with Gasteiger partial charge < -0.3 is 14.9 Å². The van der Waals surface area contributed by atoms with E-state index in [-0.39, 0.29) is 12.2 Å². The van der Waals surface area contributed by atoms with Crippen LogP contribution in [0.4, 0.5) is 0 Å². The summed E-state index contributed by atoms with van der Waals surface area (Å²) in [6.45, 7) is 6.13. The lowest BCUT2D eigenvalue weighted by molar-refractivity contribution is -0.0444. The van der Waals surface area contributed by atoms with E-state index in [0.29, 0.717) is 25.1 Å². The topological polar surface area (TPSA) is 52.9 Å². The first-order chi connectivity index (χ1) is 10.1. The van der Waals surface area contributed by atoms with Crippen molar-refractivity contribution in [2.45, 2.75) is 83.1 Å². The third-order valence-corrected chi connectivity index (χ3v) is 5.01. The highest BCUT2D eigenvalue weighted by atomic mass is 16.5. The number of hydrogen-bond donors (Lipinski definition) is 2. The van der Waals surface area contributed by atoms with Crippen LogP contribution in [0.25, 0.3) is 0 Å². The zero-order valence-corrected chi connectivity index (χ0v) is 13.7. The second-order valence-corrected chi connectivity index (χ2v) is 7.11. The molecular weight excluding hydrogens is 266 g/mol. The average Bonchev–Trinajstić information content (AvgIpc) is 2.46. The van der Waals surface area contributed by atoms with Gasteiger partial charge in [-0.15, -0.1) is 0 Å². The van der Waals surface area contributed by atoms with E-state index in [9.17, 15) is 10.2 Å². The maximum atomic E-state index is 10.3. The molecule has 21 heavy (non-hydrogen) atoms. The van der Waals surface area contributed by atoms with Crippen LogP contribution in [0, 0.1) is 5.92 Å². The largest absolute Gasteiger partial charge is 0.393 e. The van der Waals surface area contributed by atoms with E-state index in [0.717, 1.165) is 25.8 Å². The lowest BCUT2D eigenvalue weighted by Crippen LogP contribution is -2.51. The van der Waals surface area contributed by atoms with Crippen molar-refractivity contribution in [1.29, 1.82) is 0 Å². The van der Waals surface area contributed by atoms with Gasteiger partial charge in [0.1, 0.15) is 0 Å². The summed E-state index contributed by atoms with van der Waals surface area (Å²) in [5.74, 6) is 0.400. The Hall–Kier alpha value is -0.160. The number of β-amino-alcohol motifs (C(OH)–C–C–N with tert-alkyl or cyclic N) is 1. The Balaban J connectivity index is 1.88.